The van der Waals surface area contributed by atoms with Gasteiger partial charge in [0.1, 0.15) is 5.69 Å². The Balaban J connectivity index is 1.80. The molecule has 1 saturated heterocycles. The summed E-state index contributed by atoms with van der Waals surface area (Å²) >= 11 is 6.31. The van der Waals surface area contributed by atoms with Crippen LogP contribution in [-0.2, 0) is 7.05 Å². The molecule has 0 aliphatic carbocycles. The molecule has 0 bridgehead atoms. The zero-order valence-corrected chi connectivity index (χ0v) is 16.7. The average Bonchev–Trinajstić information content (AvgIpc) is 3.22. The van der Waals surface area contributed by atoms with Crippen molar-refractivity contribution in [2.75, 3.05) is 45.9 Å². The first kappa shape index (κ1) is 20.1. The summed E-state index contributed by atoms with van der Waals surface area (Å²) < 4.78 is 1.85. The van der Waals surface area contributed by atoms with E-state index in [0.29, 0.717) is 30.4 Å². The van der Waals surface area contributed by atoms with Crippen LogP contribution >= 0.6 is 11.6 Å². The van der Waals surface area contributed by atoms with E-state index in [1.165, 1.54) is 0 Å². The summed E-state index contributed by atoms with van der Waals surface area (Å²) in [4.78, 5) is 17.2. The lowest BCUT2D eigenvalue weighted by Gasteiger charge is -2.25. The summed E-state index contributed by atoms with van der Waals surface area (Å²) in [7, 11) is 1.86. The number of rotatable bonds is 7. The number of carbonyl (C=O) groups is 1. The second kappa shape index (κ2) is 8.61. The van der Waals surface area contributed by atoms with E-state index in [4.69, 9.17) is 11.6 Å². The van der Waals surface area contributed by atoms with Gasteiger partial charge in [-0.3, -0.25) is 4.79 Å². The molecule has 6 nitrogen and oxygen atoms in total. The van der Waals surface area contributed by atoms with Gasteiger partial charge in [-0.15, -0.1) is 0 Å². The highest BCUT2D eigenvalue weighted by atomic mass is 35.5. The third-order valence-corrected chi connectivity index (χ3v) is 5.99. The van der Waals surface area contributed by atoms with Gasteiger partial charge in [-0.2, -0.15) is 0 Å². The van der Waals surface area contributed by atoms with Gasteiger partial charge < -0.3 is 24.6 Å². The minimum atomic E-state index is -0.0316. The van der Waals surface area contributed by atoms with Gasteiger partial charge in [0.2, 0.25) is 0 Å². The molecule has 0 saturated carbocycles. The van der Waals surface area contributed by atoms with E-state index in [9.17, 15) is 15.0 Å². The largest absolute Gasteiger partial charge is 0.396 e. The van der Waals surface area contributed by atoms with Crippen LogP contribution < -0.4 is 0 Å². The van der Waals surface area contributed by atoms with Crippen molar-refractivity contribution in [3.05, 3.63) is 35.0 Å². The summed E-state index contributed by atoms with van der Waals surface area (Å²) in [5.41, 5.74) is 1.47. The van der Waals surface area contributed by atoms with E-state index in [0.717, 1.165) is 24.0 Å². The molecule has 2 N–H and O–H groups in total. The van der Waals surface area contributed by atoms with Gasteiger partial charge in [0, 0.05) is 51.1 Å². The molecule has 1 fully saturated rings. The first-order valence-electron chi connectivity index (χ1n) is 9.47. The predicted octanol–water partition coefficient (Wildman–Crippen LogP) is 1.83. The second-order valence-corrected chi connectivity index (χ2v) is 7.70. The number of hydrogen-bond donors (Lipinski definition) is 2. The minimum Gasteiger partial charge on any atom is -0.396 e. The number of likely N-dealkylation sites (tertiary alicyclic amines) is 1. The predicted molar refractivity (Wildman–Crippen MR) is 107 cm³/mol. The van der Waals surface area contributed by atoms with Crippen molar-refractivity contribution in [1.29, 1.82) is 0 Å². The molecule has 148 valence electrons. The Morgan fingerprint density at radius 2 is 2.04 bits per heavy atom. The smallest absolute Gasteiger partial charge is 0.270 e. The maximum Gasteiger partial charge on any atom is 0.270 e. The van der Waals surface area contributed by atoms with Gasteiger partial charge >= 0.3 is 0 Å². The molecular formula is C20H28ClN3O3. The van der Waals surface area contributed by atoms with Gasteiger partial charge in [-0.05, 0) is 24.6 Å². The summed E-state index contributed by atoms with van der Waals surface area (Å²) in [5.74, 6) is 0.222. The number of para-hydroxylation sites is 1. The number of carbonyl (C=O) groups excluding carboxylic acids is 1. The first-order chi connectivity index (χ1) is 13.0. The average molecular weight is 394 g/mol. The van der Waals surface area contributed by atoms with E-state index in [2.05, 4.69) is 11.8 Å². The van der Waals surface area contributed by atoms with Gasteiger partial charge in [0.05, 0.1) is 17.1 Å². The van der Waals surface area contributed by atoms with Crippen LogP contribution in [0.2, 0.25) is 5.02 Å². The number of hydrogen-bond acceptors (Lipinski definition) is 4. The van der Waals surface area contributed by atoms with Crippen LogP contribution in [0.3, 0.4) is 0 Å². The van der Waals surface area contributed by atoms with Gasteiger partial charge in [-0.25, -0.2) is 0 Å². The van der Waals surface area contributed by atoms with Crippen molar-refractivity contribution in [2.45, 2.75) is 6.92 Å². The Morgan fingerprint density at radius 3 is 2.67 bits per heavy atom. The maximum absolute atomic E-state index is 13.2. The number of aliphatic hydroxyl groups excluding tert-OH is 2. The number of fused-ring (bicyclic) bond motifs is 1. The van der Waals surface area contributed by atoms with Crippen molar-refractivity contribution >= 4 is 28.4 Å². The maximum atomic E-state index is 13.2. The molecule has 2 heterocycles. The molecule has 2 aromatic rings. The highest BCUT2D eigenvalue weighted by Gasteiger charge is 2.36. The van der Waals surface area contributed by atoms with Crippen LogP contribution in [0.1, 0.15) is 17.4 Å². The third kappa shape index (κ3) is 3.99. The number of aromatic nitrogens is 1. The highest BCUT2D eigenvalue weighted by Crippen LogP contribution is 2.29. The van der Waals surface area contributed by atoms with E-state index >= 15 is 0 Å². The number of benzene rings is 1. The first-order valence-corrected chi connectivity index (χ1v) is 9.85. The molecule has 0 radical (unpaired) electrons. The van der Waals surface area contributed by atoms with Crippen molar-refractivity contribution in [2.24, 2.45) is 18.9 Å². The Hall–Kier alpha value is -1.60. The molecule has 27 heavy (non-hydrogen) atoms. The van der Waals surface area contributed by atoms with Gasteiger partial charge in [-0.1, -0.05) is 30.7 Å². The summed E-state index contributed by atoms with van der Waals surface area (Å²) in [5, 5.41) is 20.6. The molecule has 3 rings (SSSR count). The van der Waals surface area contributed by atoms with Crippen molar-refractivity contribution in [3.8, 4) is 0 Å². The monoisotopic (exact) mass is 393 g/mol. The van der Waals surface area contributed by atoms with Crippen LogP contribution in [0.15, 0.2) is 24.3 Å². The Morgan fingerprint density at radius 1 is 1.30 bits per heavy atom. The highest BCUT2D eigenvalue weighted by molar-refractivity contribution is 6.35. The lowest BCUT2D eigenvalue weighted by molar-refractivity contribution is 0.0769. The number of likely N-dealkylation sites (N-methyl/N-ethyl adjacent to an activating group) is 1. The minimum absolute atomic E-state index is 0.0316. The second-order valence-electron chi connectivity index (χ2n) is 7.30. The molecule has 0 unspecified atom stereocenters. The number of nitrogens with zero attached hydrogens (tertiary/aromatic N) is 3. The van der Waals surface area contributed by atoms with Crippen LogP contribution in [-0.4, -0.2) is 76.4 Å². The number of aliphatic hydroxyl groups is 2. The normalized spacial score (nSPS) is 20.1. The zero-order chi connectivity index (χ0) is 19.6. The van der Waals surface area contributed by atoms with Crippen molar-refractivity contribution in [1.82, 2.24) is 14.4 Å². The summed E-state index contributed by atoms with van der Waals surface area (Å²) in [6, 6.07) is 7.55. The lowest BCUT2D eigenvalue weighted by atomic mass is 9.96. The lowest BCUT2D eigenvalue weighted by Crippen LogP contribution is -2.36. The van der Waals surface area contributed by atoms with Gasteiger partial charge in [0.25, 0.3) is 5.91 Å². The topological polar surface area (TPSA) is 68.9 Å². The quantitative estimate of drug-likeness (QED) is 0.753. The SMILES string of the molecule is CCN(CCO)C[C@@H]1CN(C(=O)c2cc3cccc(Cl)c3n2C)C[C@@H]1CO. The van der Waals surface area contributed by atoms with E-state index in [1.807, 2.05) is 40.8 Å². The van der Waals surface area contributed by atoms with Crippen LogP contribution in [0, 0.1) is 11.8 Å². The Kier molecular flexibility index (Phi) is 6.42. The molecule has 1 aromatic carbocycles. The fourth-order valence-electron chi connectivity index (χ4n) is 4.10. The molecule has 1 amide bonds. The fourth-order valence-corrected chi connectivity index (χ4v) is 4.41. The molecule has 1 aliphatic heterocycles. The van der Waals surface area contributed by atoms with E-state index < -0.39 is 0 Å². The molecule has 0 spiro atoms. The van der Waals surface area contributed by atoms with Crippen molar-refractivity contribution in [3.63, 3.8) is 0 Å². The summed E-state index contributed by atoms with van der Waals surface area (Å²) in [6.07, 6.45) is 0. The molecule has 2 atom stereocenters. The molecule has 7 heteroatoms. The van der Waals surface area contributed by atoms with E-state index in [1.54, 1.807) is 0 Å². The Labute approximate surface area is 164 Å². The molecular weight excluding hydrogens is 366 g/mol. The third-order valence-electron chi connectivity index (χ3n) is 5.68. The van der Waals surface area contributed by atoms with Gasteiger partial charge in [0.15, 0.2) is 0 Å². The fraction of sp³-hybridized carbons (Fsp3) is 0.550. The number of aryl methyl sites for hydroxylation is 1. The van der Waals surface area contributed by atoms with Crippen molar-refractivity contribution < 1.29 is 15.0 Å². The zero-order valence-electron chi connectivity index (χ0n) is 15.9. The van der Waals surface area contributed by atoms with Crippen LogP contribution in [0.5, 0.6) is 0 Å². The number of amides is 1. The number of halogens is 1. The standard InChI is InChI=1S/C20H28ClN3O3/c1-3-23(7-8-25)10-15-11-24(12-16(15)13-26)20(27)18-9-14-5-4-6-17(21)19(14)22(18)2/h4-6,9,15-16,25-26H,3,7-8,10-13H2,1-2H3/t15-,16-/m1/s1. The van der Waals surface area contributed by atoms with Crippen LogP contribution in [0.25, 0.3) is 10.9 Å². The van der Waals surface area contributed by atoms with E-state index in [-0.39, 0.29) is 31.0 Å². The van der Waals surface area contributed by atoms with Crippen LogP contribution in [0.4, 0.5) is 0 Å². The molecule has 1 aliphatic rings. The Bertz CT molecular complexity index is 807. The molecule has 1 aromatic heterocycles. The summed E-state index contributed by atoms with van der Waals surface area (Å²) in [6.45, 7) is 5.61.